The quantitative estimate of drug-likeness (QED) is 0.813. The van der Waals surface area contributed by atoms with Gasteiger partial charge in [-0.05, 0) is 6.07 Å². The van der Waals surface area contributed by atoms with Crippen molar-refractivity contribution in [2.24, 2.45) is 5.10 Å². The minimum absolute atomic E-state index is 0.348. The first-order valence-electron chi connectivity index (χ1n) is 5.64. The lowest BCUT2D eigenvalue weighted by atomic mass is 10.2. The topological polar surface area (TPSA) is 58.1 Å². The molecule has 0 unspecified atom stereocenters. The largest absolute Gasteiger partial charge is 0.481 e. The van der Waals surface area contributed by atoms with Crippen molar-refractivity contribution in [1.82, 2.24) is 10.5 Å². The predicted octanol–water partition coefficient (Wildman–Crippen LogP) is 1.75. The van der Waals surface area contributed by atoms with E-state index in [1.165, 1.54) is 19.3 Å². The smallest absolute Gasteiger partial charge is 0.237 e. The molecule has 1 heterocycles. The summed E-state index contributed by atoms with van der Waals surface area (Å²) in [6.45, 7) is 0.348. The molecular weight excluding hydrogens is 251 g/mol. The number of methoxy groups -OCH3 is 2. The van der Waals surface area contributed by atoms with Crippen LogP contribution in [0.1, 0.15) is 5.56 Å². The van der Waals surface area contributed by atoms with Gasteiger partial charge in [-0.25, -0.2) is 5.54 Å². The second-order valence-electron chi connectivity index (χ2n) is 3.78. The SMILES string of the molecule is COC1=CC(OC)=NN(Cc2ccccc2NF)N1. The first-order valence-corrected chi connectivity index (χ1v) is 5.64. The van der Waals surface area contributed by atoms with E-state index in [2.05, 4.69) is 10.5 Å². The van der Waals surface area contributed by atoms with Gasteiger partial charge in [0.25, 0.3) is 0 Å². The van der Waals surface area contributed by atoms with Crippen LogP contribution in [0.3, 0.4) is 0 Å². The Labute approximate surface area is 110 Å². The van der Waals surface area contributed by atoms with Crippen LogP contribution in [0.5, 0.6) is 0 Å². The van der Waals surface area contributed by atoms with Gasteiger partial charge in [0.2, 0.25) is 11.8 Å². The molecule has 0 atom stereocenters. The van der Waals surface area contributed by atoms with Gasteiger partial charge >= 0.3 is 0 Å². The van der Waals surface area contributed by atoms with Gasteiger partial charge in [-0.1, -0.05) is 18.2 Å². The van der Waals surface area contributed by atoms with E-state index in [4.69, 9.17) is 9.47 Å². The molecule has 6 nitrogen and oxygen atoms in total. The number of hydrogen-bond donors (Lipinski definition) is 2. The Morgan fingerprint density at radius 1 is 1.32 bits per heavy atom. The molecular formula is C12H15FN4O2. The van der Waals surface area contributed by atoms with Crippen molar-refractivity contribution in [2.75, 3.05) is 19.8 Å². The lowest BCUT2D eigenvalue weighted by Crippen LogP contribution is -2.37. The molecule has 0 saturated heterocycles. The molecule has 0 aliphatic carbocycles. The maximum atomic E-state index is 12.6. The van der Waals surface area contributed by atoms with E-state index in [1.807, 2.05) is 6.07 Å². The summed E-state index contributed by atoms with van der Waals surface area (Å²) in [7, 11) is 3.05. The van der Waals surface area contributed by atoms with Crippen LogP contribution in [0.25, 0.3) is 0 Å². The molecule has 2 rings (SSSR count). The zero-order chi connectivity index (χ0) is 13.7. The Hall–Kier alpha value is -2.44. The highest BCUT2D eigenvalue weighted by Gasteiger charge is 2.15. The fourth-order valence-corrected chi connectivity index (χ4v) is 1.64. The molecule has 0 spiro atoms. The van der Waals surface area contributed by atoms with E-state index in [-0.39, 0.29) is 0 Å². The lowest BCUT2D eigenvalue weighted by Gasteiger charge is -2.26. The van der Waals surface area contributed by atoms with Crippen molar-refractivity contribution in [1.29, 1.82) is 0 Å². The Morgan fingerprint density at radius 2 is 2.11 bits per heavy atom. The Morgan fingerprint density at radius 3 is 2.79 bits per heavy atom. The fraction of sp³-hybridized carbons (Fsp3) is 0.250. The van der Waals surface area contributed by atoms with Gasteiger partial charge in [0, 0.05) is 5.56 Å². The number of ether oxygens (including phenoxy) is 2. The van der Waals surface area contributed by atoms with Crippen LogP contribution >= 0.6 is 0 Å². The molecule has 0 fully saturated rings. The molecule has 0 amide bonds. The Balaban J connectivity index is 2.15. The van der Waals surface area contributed by atoms with Crippen molar-refractivity contribution >= 4 is 11.6 Å². The molecule has 1 aromatic carbocycles. The average molecular weight is 266 g/mol. The van der Waals surface area contributed by atoms with Crippen molar-refractivity contribution in [2.45, 2.75) is 6.54 Å². The highest BCUT2D eigenvalue weighted by atomic mass is 19.2. The molecule has 0 radical (unpaired) electrons. The van der Waals surface area contributed by atoms with Crippen molar-refractivity contribution < 1.29 is 14.0 Å². The molecule has 7 heteroatoms. The van der Waals surface area contributed by atoms with Crippen LogP contribution in [-0.4, -0.2) is 25.2 Å². The van der Waals surface area contributed by atoms with Crippen LogP contribution in [0, 0.1) is 0 Å². The van der Waals surface area contributed by atoms with E-state index in [0.717, 1.165) is 5.56 Å². The molecule has 102 valence electrons. The van der Waals surface area contributed by atoms with Crippen LogP contribution in [0.15, 0.2) is 41.3 Å². The lowest BCUT2D eigenvalue weighted by molar-refractivity contribution is 0.127. The zero-order valence-corrected chi connectivity index (χ0v) is 10.7. The fourth-order valence-electron chi connectivity index (χ4n) is 1.64. The maximum Gasteiger partial charge on any atom is 0.237 e. The van der Waals surface area contributed by atoms with Crippen LogP contribution in [-0.2, 0) is 16.0 Å². The maximum absolute atomic E-state index is 12.6. The summed E-state index contributed by atoms with van der Waals surface area (Å²) in [4.78, 5) is 0. The Kier molecular flexibility index (Phi) is 4.07. The van der Waals surface area contributed by atoms with Gasteiger partial charge in [0.1, 0.15) is 0 Å². The summed E-state index contributed by atoms with van der Waals surface area (Å²) in [6, 6.07) is 7.03. The van der Waals surface area contributed by atoms with E-state index < -0.39 is 0 Å². The number of nitrogens with zero attached hydrogens (tertiary/aromatic N) is 2. The van der Waals surface area contributed by atoms with Gasteiger partial charge in [-0.15, -0.1) is 9.58 Å². The molecule has 1 aromatic rings. The minimum atomic E-state index is 0.348. The number of hydrazone groups is 1. The number of hydrazine groups is 1. The molecule has 1 aliphatic heterocycles. The average Bonchev–Trinajstić information content (AvgIpc) is 2.47. The van der Waals surface area contributed by atoms with Crippen LogP contribution in [0.2, 0.25) is 0 Å². The second kappa shape index (κ2) is 5.94. The number of hydrogen-bond acceptors (Lipinski definition) is 6. The van der Waals surface area contributed by atoms with E-state index >= 15 is 0 Å². The summed E-state index contributed by atoms with van der Waals surface area (Å²) in [5.41, 5.74) is 5.72. The van der Waals surface area contributed by atoms with Gasteiger partial charge in [0.05, 0.1) is 32.5 Å². The molecule has 19 heavy (non-hydrogen) atoms. The second-order valence-corrected chi connectivity index (χ2v) is 3.78. The minimum Gasteiger partial charge on any atom is -0.481 e. The number of halogens is 1. The number of benzene rings is 1. The third-order valence-corrected chi connectivity index (χ3v) is 2.58. The zero-order valence-electron chi connectivity index (χ0n) is 10.7. The summed E-state index contributed by atoms with van der Waals surface area (Å²) < 4.78 is 22.8. The molecule has 2 N–H and O–H groups in total. The van der Waals surface area contributed by atoms with E-state index in [9.17, 15) is 4.48 Å². The first-order chi connectivity index (χ1) is 9.26. The number of nitrogens with one attached hydrogen (secondary N) is 2. The summed E-state index contributed by atoms with van der Waals surface area (Å²) in [6.07, 6.45) is 1.62. The summed E-state index contributed by atoms with van der Waals surface area (Å²) >= 11 is 0. The Bertz CT molecular complexity index is 504. The van der Waals surface area contributed by atoms with Gasteiger partial charge in [0.15, 0.2) is 0 Å². The first kappa shape index (κ1) is 13.0. The molecule has 0 saturated carbocycles. The van der Waals surface area contributed by atoms with Crippen molar-refractivity contribution in [3.8, 4) is 0 Å². The van der Waals surface area contributed by atoms with E-state index in [0.29, 0.717) is 24.0 Å². The number of rotatable bonds is 4. The van der Waals surface area contributed by atoms with Crippen molar-refractivity contribution in [3.05, 3.63) is 41.8 Å². The number of anilines is 1. The third kappa shape index (κ3) is 3.06. The van der Waals surface area contributed by atoms with Gasteiger partial charge < -0.3 is 9.47 Å². The monoisotopic (exact) mass is 266 g/mol. The van der Waals surface area contributed by atoms with Crippen LogP contribution in [0.4, 0.5) is 10.2 Å². The summed E-state index contributed by atoms with van der Waals surface area (Å²) in [5.74, 6) is 0.902. The van der Waals surface area contributed by atoms with Crippen molar-refractivity contribution in [3.63, 3.8) is 0 Å². The molecule has 1 aliphatic rings. The highest BCUT2D eigenvalue weighted by molar-refractivity contribution is 5.88. The predicted molar refractivity (Wildman–Crippen MR) is 69.4 cm³/mol. The summed E-state index contributed by atoms with van der Waals surface area (Å²) in [5, 5.41) is 5.69. The van der Waals surface area contributed by atoms with Gasteiger partial charge in [-0.3, -0.25) is 5.43 Å². The van der Waals surface area contributed by atoms with E-state index in [1.54, 1.807) is 29.8 Å². The molecule has 0 aromatic heterocycles. The standard InChI is InChI=1S/C12H15FN4O2/c1-18-11-7-12(19-2)16-17(15-11)8-9-5-3-4-6-10(9)14-13/h3-7,14-15H,8H2,1-2H3. The van der Waals surface area contributed by atoms with Crippen LogP contribution < -0.4 is 11.0 Å². The third-order valence-electron chi connectivity index (χ3n) is 2.58. The molecule has 0 bridgehead atoms. The normalized spacial score (nSPS) is 14.2. The van der Waals surface area contributed by atoms with Gasteiger partial charge in [-0.2, -0.15) is 5.12 Å². The highest BCUT2D eigenvalue weighted by Crippen LogP contribution is 2.18. The number of para-hydroxylation sites is 1.